The molecule has 0 saturated heterocycles. The zero-order chi connectivity index (χ0) is 23.5. The summed E-state index contributed by atoms with van der Waals surface area (Å²) in [5, 5.41) is 0.993. The van der Waals surface area contributed by atoms with Crippen LogP contribution in [0.1, 0.15) is 27.9 Å². The highest BCUT2D eigenvalue weighted by molar-refractivity contribution is 6.82. The average molecular weight is 397 g/mol. The lowest BCUT2D eigenvalue weighted by molar-refractivity contribution is -0.654. The van der Waals surface area contributed by atoms with Gasteiger partial charge in [-0.15, -0.1) is 0 Å². The maximum Gasteiger partial charge on any atom is 0.401 e. The Balaban J connectivity index is 1.69. The number of fused-ring (bicyclic) bond motifs is 3. The van der Waals surface area contributed by atoms with Gasteiger partial charge < -0.3 is 9.23 Å². The Morgan fingerprint density at radius 1 is 1.13 bits per heavy atom. The minimum atomic E-state index is -2.22. The molecule has 5 rings (SSSR count). The number of aromatic nitrogens is 2. The summed E-state index contributed by atoms with van der Waals surface area (Å²) in [7, 11) is 3.91. The fraction of sp³-hybridized carbons (Fsp3) is 0.200. The molecule has 1 aliphatic rings. The van der Waals surface area contributed by atoms with Crippen molar-refractivity contribution in [3.05, 3.63) is 77.0 Å². The van der Waals surface area contributed by atoms with Crippen molar-refractivity contribution >= 4 is 35.5 Å². The van der Waals surface area contributed by atoms with E-state index in [0.29, 0.717) is 11.3 Å². The Kier molecular flexibility index (Phi) is 3.55. The molecular formula is C25H25BN3O+. The van der Waals surface area contributed by atoms with Crippen LogP contribution in [0.4, 0.5) is 5.88 Å². The van der Waals surface area contributed by atoms with E-state index in [1.54, 1.807) is 6.20 Å². The molecule has 4 nitrogen and oxygen atoms in total. The van der Waals surface area contributed by atoms with E-state index >= 15 is 0 Å². The normalized spacial score (nSPS) is 15.5. The molecule has 30 heavy (non-hydrogen) atoms. The predicted molar refractivity (Wildman–Crippen MR) is 124 cm³/mol. The van der Waals surface area contributed by atoms with Gasteiger partial charge in [-0.2, -0.15) is 0 Å². The second kappa shape index (κ2) is 6.87. The summed E-state index contributed by atoms with van der Waals surface area (Å²) < 4.78 is 32.4. The molecule has 4 aromatic rings. The summed E-state index contributed by atoms with van der Waals surface area (Å²) in [6, 6.07) is 15.7. The number of hydrogen-bond donors (Lipinski definition) is 0. The van der Waals surface area contributed by atoms with E-state index < -0.39 is 6.85 Å². The number of rotatable bonds is 2. The van der Waals surface area contributed by atoms with Crippen LogP contribution in [0.25, 0.3) is 28.3 Å². The van der Waals surface area contributed by atoms with E-state index in [-0.39, 0.29) is 6.85 Å². The highest BCUT2D eigenvalue weighted by atomic mass is 16.4. The molecule has 1 aromatic carbocycles. The Morgan fingerprint density at radius 2 is 1.93 bits per heavy atom. The standard InChI is InChI=1S/C25H25BN3O/c1-16-15-28(4)23(14-21(16)19-9-7-6-8-10-19)26-17(2)13-22-20-12-11-18(3)27-24(20)30-25(22)29(26)5/h6-15H,1-5H3/q+1/i1D3. The second-order valence-electron chi connectivity index (χ2n) is 8.03. The first-order valence-corrected chi connectivity index (χ1v) is 10.1. The van der Waals surface area contributed by atoms with Gasteiger partial charge in [0.15, 0.2) is 17.7 Å². The summed E-state index contributed by atoms with van der Waals surface area (Å²) in [5.74, 6) is 0.764. The summed E-state index contributed by atoms with van der Waals surface area (Å²) >= 11 is 0. The lowest BCUT2D eigenvalue weighted by Crippen LogP contribution is -2.62. The topological polar surface area (TPSA) is 33.1 Å². The van der Waals surface area contributed by atoms with Crippen LogP contribution in [0.2, 0.25) is 0 Å². The number of pyridine rings is 2. The van der Waals surface area contributed by atoms with Crippen LogP contribution in [0.3, 0.4) is 0 Å². The minimum Gasteiger partial charge on any atom is -0.423 e. The van der Waals surface area contributed by atoms with E-state index in [9.17, 15) is 0 Å². The van der Waals surface area contributed by atoms with Crippen molar-refractivity contribution in [1.29, 1.82) is 0 Å². The van der Waals surface area contributed by atoms with Crippen molar-refractivity contribution in [1.82, 2.24) is 4.98 Å². The Bertz CT molecular complexity index is 1410. The monoisotopic (exact) mass is 397 g/mol. The highest BCUT2D eigenvalue weighted by Gasteiger charge is 2.39. The molecule has 0 bridgehead atoms. The largest absolute Gasteiger partial charge is 0.423 e. The van der Waals surface area contributed by atoms with Crippen molar-refractivity contribution in [3.63, 3.8) is 0 Å². The number of allylic oxidation sites excluding steroid dienone is 1. The quantitative estimate of drug-likeness (QED) is 0.375. The van der Waals surface area contributed by atoms with E-state index in [0.717, 1.165) is 44.7 Å². The van der Waals surface area contributed by atoms with Crippen LogP contribution in [0.15, 0.2) is 64.6 Å². The van der Waals surface area contributed by atoms with Gasteiger partial charge in [-0.1, -0.05) is 41.9 Å². The molecule has 0 saturated carbocycles. The van der Waals surface area contributed by atoms with Gasteiger partial charge in [-0.25, -0.2) is 9.55 Å². The van der Waals surface area contributed by atoms with Gasteiger partial charge in [0.05, 0.1) is 0 Å². The summed E-state index contributed by atoms with van der Waals surface area (Å²) in [6.45, 7) is 1.72. The van der Waals surface area contributed by atoms with Crippen molar-refractivity contribution < 1.29 is 13.1 Å². The zero-order valence-corrected chi connectivity index (χ0v) is 17.6. The maximum absolute atomic E-state index is 8.11. The molecule has 0 unspecified atom stereocenters. The maximum atomic E-state index is 8.11. The molecule has 148 valence electrons. The third-order valence-corrected chi connectivity index (χ3v) is 5.90. The third kappa shape index (κ3) is 2.85. The van der Waals surface area contributed by atoms with Gasteiger partial charge in [0.2, 0.25) is 5.71 Å². The van der Waals surface area contributed by atoms with E-state index in [2.05, 4.69) is 28.9 Å². The van der Waals surface area contributed by atoms with Gasteiger partial charge in [-0.3, -0.25) is 0 Å². The molecule has 0 spiro atoms. The molecule has 1 aliphatic heterocycles. The molecule has 0 fully saturated rings. The van der Waals surface area contributed by atoms with Crippen molar-refractivity contribution in [2.45, 2.75) is 20.7 Å². The van der Waals surface area contributed by atoms with Gasteiger partial charge in [0.25, 0.3) is 0 Å². The van der Waals surface area contributed by atoms with Crippen LogP contribution in [0, 0.1) is 13.8 Å². The molecule has 3 aromatic heterocycles. The van der Waals surface area contributed by atoms with Crippen molar-refractivity contribution in [3.8, 4) is 11.1 Å². The lowest BCUT2D eigenvalue weighted by atomic mass is 9.49. The number of benzene rings is 1. The number of anilines is 1. The molecule has 0 atom stereocenters. The van der Waals surface area contributed by atoms with Crippen LogP contribution in [-0.4, -0.2) is 18.9 Å². The molecule has 4 heterocycles. The fourth-order valence-electron chi connectivity index (χ4n) is 4.43. The Morgan fingerprint density at radius 3 is 2.70 bits per heavy atom. The van der Waals surface area contributed by atoms with Crippen LogP contribution in [0.5, 0.6) is 0 Å². The molecule has 0 N–H and O–H groups in total. The van der Waals surface area contributed by atoms with Crippen molar-refractivity contribution in [2.24, 2.45) is 7.05 Å². The highest BCUT2D eigenvalue weighted by Crippen LogP contribution is 2.37. The van der Waals surface area contributed by atoms with Gasteiger partial charge in [0.1, 0.15) is 7.05 Å². The van der Waals surface area contributed by atoms with E-state index in [1.165, 1.54) is 0 Å². The summed E-state index contributed by atoms with van der Waals surface area (Å²) in [5.41, 5.74) is 6.63. The van der Waals surface area contributed by atoms with Gasteiger partial charge in [0, 0.05) is 32.4 Å². The molecule has 5 heteroatoms. The molecule has 0 radical (unpaired) electrons. The first-order chi connectivity index (χ1) is 15.6. The number of hydrogen-bond acceptors (Lipinski definition) is 3. The second-order valence-corrected chi connectivity index (χ2v) is 8.03. The molecular weight excluding hydrogens is 369 g/mol. The minimum absolute atomic E-state index is 0.114. The molecule has 0 amide bonds. The van der Waals surface area contributed by atoms with Crippen LogP contribution < -0.4 is 15.0 Å². The Labute approximate surface area is 181 Å². The van der Waals surface area contributed by atoms with Crippen LogP contribution in [-0.2, 0) is 7.05 Å². The first-order valence-electron chi connectivity index (χ1n) is 11.6. The smallest absolute Gasteiger partial charge is 0.401 e. The zero-order valence-electron chi connectivity index (χ0n) is 20.6. The number of aryl methyl sites for hydroxylation is 3. The molecule has 0 aliphatic carbocycles. The van der Waals surface area contributed by atoms with E-state index in [1.807, 2.05) is 68.1 Å². The van der Waals surface area contributed by atoms with Crippen molar-refractivity contribution in [2.75, 3.05) is 11.9 Å². The van der Waals surface area contributed by atoms with Gasteiger partial charge >= 0.3 is 6.85 Å². The lowest BCUT2D eigenvalue weighted by Gasteiger charge is -2.28. The Hall–Kier alpha value is -3.34. The number of nitrogens with zero attached hydrogens (tertiary/aromatic N) is 3. The summed E-state index contributed by atoms with van der Waals surface area (Å²) in [6.07, 6.45) is 3.90. The van der Waals surface area contributed by atoms with Gasteiger partial charge in [-0.05, 0) is 51.0 Å². The van der Waals surface area contributed by atoms with E-state index in [4.69, 9.17) is 8.53 Å². The summed E-state index contributed by atoms with van der Waals surface area (Å²) in [4.78, 5) is 6.67. The predicted octanol–water partition coefficient (Wildman–Crippen LogP) is 4.23. The SMILES string of the molecule is [2H]C([2H])([2H])c1c[n+](C)c(B2C(C)=Cc3c(oc4nc(C)ccc34)N2C)cc1-c1ccccc1. The average Bonchev–Trinajstić information content (AvgIpc) is 3.12. The fourth-order valence-corrected chi connectivity index (χ4v) is 4.43. The first kappa shape index (κ1) is 15.5. The third-order valence-electron chi connectivity index (χ3n) is 5.90. The number of furan rings is 1. The van der Waals surface area contributed by atoms with Crippen LogP contribution >= 0.6 is 0 Å².